The molecular formula is C99H93AlB3N3O3S3. The van der Waals surface area contributed by atoms with E-state index in [-0.39, 0.29) is 20.1 Å². The number of hydrogen-bond donors (Lipinski definition) is 0. The second-order valence-corrected chi connectivity index (χ2v) is 35.8. The summed E-state index contributed by atoms with van der Waals surface area (Å²) in [4.78, 5) is 17.4. The van der Waals surface area contributed by atoms with Gasteiger partial charge in [-0.25, -0.2) is 0 Å². The molecule has 0 aliphatic rings. The Bertz CT molecular complexity index is 5370. The van der Waals surface area contributed by atoms with Crippen molar-refractivity contribution >= 4 is 149 Å². The van der Waals surface area contributed by atoms with Crippen LogP contribution in [0.2, 0.25) is 0 Å². The number of nitrogens with zero attached hydrogens (tertiary/aromatic N) is 3. The van der Waals surface area contributed by atoms with Gasteiger partial charge >= 0.3 is 15.1 Å². The maximum absolute atomic E-state index is 6.41. The van der Waals surface area contributed by atoms with Gasteiger partial charge in [-0.15, -0.1) is 34.0 Å². The Morgan fingerprint density at radius 1 is 0.241 bits per heavy atom. The highest BCUT2D eigenvalue weighted by Crippen LogP contribution is 2.39. The number of aromatic nitrogens is 3. The van der Waals surface area contributed by atoms with Crippen molar-refractivity contribution in [3.63, 3.8) is 0 Å². The van der Waals surface area contributed by atoms with Crippen LogP contribution in [0, 0.1) is 125 Å². The van der Waals surface area contributed by atoms with E-state index in [1.807, 2.05) is 125 Å². The van der Waals surface area contributed by atoms with Gasteiger partial charge in [0.15, 0.2) is 0 Å². The van der Waals surface area contributed by atoms with Crippen LogP contribution in [0.3, 0.4) is 0 Å². The Hall–Kier alpha value is -10.3. The number of rotatable bonds is 18. The second kappa shape index (κ2) is 32.4. The van der Waals surface area contributed by atoms with Crippen molar-refractivity contribution < 1.29 is 11.4 Å². The van der Waals surface area contributed by atoms with Crippen LogP contribution in [0.15, 0.2) is 237 Å². The molecule has 16 rings (SSSR count). The molecule has 0 aliphatic heterocycles. The van der Waals surface area contributed by atoms with Crippen LogP contribution >= 0.6 is 34.0 Å². The summed E-state index contributed by atoms with van der Waals surface area (Å²) < 4.78 is 23.4. The van der Waals surface area contributed by atoms with Gasteiger partial charge < -0.3 is 11.4 Å². The second-order valence-electron chi connectivity index (χ2n) is 31.2. The lowest BCUT2D eigenvalue weighted by Gasteiger charge is -2.23. The lowest BCUT2D eigenvalue weighted by Crippen LogP contribution is -2.54. The lowest BCUT2D eigenvalue weighted by atomic mass is 9.37. The molecule has 0 radical (unpaired) electrons. The number of pyridine rings is 3. The molecule has 6 aromatic heterocycles. The summed E-state index contributed by atoms with van der Waals surface area (Å²) in [6, 6.07) is 79.7. The molecule has 0 spiro atoms. The summed E-state index contributed by atoms with van der Waals surface area (Å²) in [6.07, 6.45) is 5.24. The van der Waals surface area contributed by atoms with Crippen molar-refractivity contribution in [1.29, 1.82) is 0 Å². The van der Waals surface area contributed by atoms with Gasteiger partial charge in [0.2, 0.25) is 0 Å². The van der Waals surface area contributed by atoms with Crippen LogP contribution in [-0.2, 0) is 0 Å². The molecule has 0 atom stereocenters. The number of hydrogen-bond acceptors (Lipinski definition) is 9. The molecule has 0 amide bonds. The molecule has 0 aliphatic carbocycles. The van der Waals surface area contributed by atoms with E-state index in [2.05, 4.69) is 267 Å². The highest BCUT2D eigenvalue weighted by Gasteiger charge is 2.46. The number of aryl methyl sites for hydroxylation is 18. The van der Waals surface area contributed by atoms with E-state index in [9.17, 15) is 0 Å². The average molecular weight is 1530 g/mol. The van der Waals surface area contributed by atoms with E-state index in [0.29, 0.717) is 17.2 Å². The summed E-state index contributed by atoms with van der Waals surface area (Å²) in [5, 5.41) is 2.93. The van der Waals surface area contributed by atoms with Gasteiger partial charge in [-0.3, -0.25) is 15.0 Å². The van der Waals surface area contributed by atoms with Crippen LogP contribution in [0.1, 0.15) is 100 Å². The Morgan fingerprint density at radius 2 is 0.446 bits per heavy atom. The van der Waals surface area contributed by atoms with Gasteiger partial charge in [-0.2, -0.15) is 0 Å². The molecular weight excluding hydrogens is 1430 g/mol. The fourth-order valence-corrected chi connectivity index (χ4v) is 22.8. The van der Waals surface area contributed by atoms with Crippen LogP contribution in [0.5, 0.6) is 17.2 Å². The third kappa shape index (κ3) is 15.8. The highest BCUT2D eigenvalue weighted by molar-refractivity contribution is 7.31. The number of para-hydroxylation sites is 3. The first-order valence-electron chi connectivity index (χ1n) is 38.8. The Labute approximate surface area is 680 Å². The Kier molecular flexibility index (Phi) is 22.3. The zero-order valence-corrected chi connectivity index (χ0v) is 71.2. The van der Waals surface area contributed by atoms with Crippen molar-refractivity contribution in [2.24, 2.45) is 0 Å². The Morgan fingerprint density at radius 3 is 0.661 bits per heavy atom. The number of benzene rings is 10. The molecule has 6 heterocycles. The quantitative estimate of drug-likeness (QED) is 0.0798. The summed E-state index contributed by atoms with van der Waals surface area (Å²) in [5.74, 6) is 1.82. The van der Waals surface area contributed by atoms with Crippen molar-refractivity contribution in [3.8, 4) is 48.6 Å². The van der Waals surface area contributed by atoms with E-state index in [1.54, 1.807) is 18.6 Å². The van der Waals surface area contributed by atoms with E-state index < -0.39 is 15.1 Å². The molecule has 16 aromatic rings. The van der Waals surface area contributed by atoms with Gasteiger partial charge in [0, 0.05) is 49.4 Å². The van der Waals surface area contributed by atoms with Crippen molar-refractivity contribution in [1.82, 2.24) is 15.0 Å². The lowest BCUT2D eigenvalue weighted by molar-refractivity contribution is 0.311. The van der Waals surface area contributed by atoms with Crippen LogP contribution < -0.4 is 58.5 Å². The minimum atomic E-state index is -2.86. The molecule has 10 aromatic carbocycles. The predicted octanol–water partition coefficient (Wildman–Crippen LogP) is 19.8. The van der Waals surface area contributed by atoms with Crippen molar-refractivity contribution in [2.75, 3.05) is 0 Å². The topological polar surface area (TPSA) is 66.4 Å². The summed E-state index contributed by atoms with van der Waals surface area (Å²) in [5.41, 5.74) is 38.7. The summed E-state index contributed by atoms with van der Waals surface area (Å²) >= 11 is 3.05. The first-order valence-corrected chi connectivity index (χ1v) is 42.7. The smallest absolute Gasteiger partial charge is 0.576 e. The fourth-order valence-electron chi connectivity index (χ4n) is 18.1. The van der Waals surface area contributed by atoms with Gasteiger partial charge in [-0.1, -0.05) is 279 Å². The zero-order valence-electron chi connectivity index (χ0n) is 67.6. The number of thiophene rings is 3. The van der Waals surface area contributed by atoms with Gasteiger partial charge in [0.1, 0.15) is 33.8 Å². The molecule has 0 saturated carbocycles. The fraction of sp³-hybridized carbons (Fsp3) is 0.182. The third-order valence-electron chi connectivity index (χ3n) is 22.1. The minimum absolute atomic E-state index is 0.117. The molecule has 6 nitrogen and oxygen atoms in total. The maximum atomic E-state index is 6.41. The summed E-state index contributed by atoms with van der Waals surface area (Å²) in [7, 11) is 0. The maximum Gasteiger partial charge on any atom is 1.20 e. The molecule has 13 heteroatoms. The predicted molar refractivity (Wildman–Crippen MR) is 487 cm³/mol. The van der Waals surface area contributed by atoms with Crippen LogP contribution in [0.25, 0.3) is 64.0 Å². The van der Waals surface area contributed by atoms with Crippen molar-refractivity contribution in [3.05, 3.63) is 337 Å². The molecule has 0 N–H and O–H groups in total. The monoisotopic (exact) mass is 1530 g/mol. The largest absolute Gasteiger partial charge is 1.20 e. The molecule has 0 unspecified atom stereocenters. The SMILES string of the molecule is Cc1cc(C)c(B(c2ccc(-c3cc(-c4ccc(B(c5c(C)cc(C)cc5C)c5c(C)cc(C)cc5C)s4)cc(-c4ccc(B(c5c(C)cc(C)cc5C)c5c(C)cc(C)cc5C)s4)c3)s2)c2c(C)cc(C)cc2C)c(C)c1.c1cnc2c([O][Al]([O]c3cccc4cccnc34)[O]c3cccc4cccnc34)cccc2c1. The molecule has 0 fully saturated rings. The molecule has 112 heavy (non-hydrogen) atoms. The summed E-state index contributed by atoms with van der Waals surface area (Å²) in [6.45, 7) is 41.5. The highest BCUT2D eigenvalue weighted by atomic mass is 32.1. The standard InChI is InChI=1S/C72H75B3S3.3C9H7NO.Al/c1-40-25-46(7)67(47(8)26-40)73(68-48(9)27-41(2)28-49(68)10)64-22-19-61(76-64)58-37-59(62-20-23-65(77-62)74(69-50(11)29-42(3)30-51(69)12)70-52(13)31-43(4)32-53(70)14)39-60(38-58)63-21-24-66(78-63)75(71-54(15)33-44(5)34-55(71)16)72-56(17)35-45(6)36-57(72)18;3*11-8-5-1-3-7-4-2-6-10-9(7)8;/h19-39H,1-18H3;3*1-6,11H;/q;;;;+3/p-3. The van der Waals surface area contributed by atoms with Crippen LogP contribution in [0.4, 0.5) is 0 Å². The zero-order chi connectivity index (χ0) is 78.5. The molecule has 0 bridgehead atoms. The van der Waals surface area contributed by atoms with Crippen LogP contribution in [-0.4, -0.2) is 50.2 Å². The first-order chi connectivity index (χ1) is 53.9. The van der Waals surface area contributed by atoms with Gasteiger partial charge in [0.25, 0.3) is 20.1 Å². The average Bonchev–Trinajstić information content (AvgIpc) is 1.51. The normalized spacial score (nSPS) is 11.3. The molecule has 552 valence electrons. The van der Waals surface area contributed by atoms with Gasteiger partial charge in [-0.05, 0) is 228 Å². The third-order valence-corrected chi connectivity index (χ3v) is 27.1. The van der Waals surface area contributed by atoms with E-state index in [4.69, 9.17) is 11.4 Å². The van der Waals surface area contributed by atoms with Gasteiger partial charge in [0.05, 0.1) is 0 Å². The van der Waals surface area contributed by atoms with E-state index in [0.717, 1.165) is 32.7 Å². The molecule has 0 saturated heterocycles. The van der Waals surface area contributed by atoms with E-state index in [1.165, 1.54) is 179 Å². The van der Waals surface area contributed by atoms with Crippen molar-refractivity contribution in [2.45, 2.75) is 125 Å². The number of fused-ring (bicyclic) bond motifs is 3. The first kappa shape index (κ1) is 77.0. The van der Waals surface area contributed by atoms with E-state index >= 15 is 0 Å². The Balaban J connectivity index is 0.000000241. The minimum Gasteiger partial charge on any atom is -0.576 e.